The van der Waals surface area contributed by atoms with E-state index in [1.54, 1.807) is 0 Å². The maximum absolute atomic E-state index is 6.32. The predicted molar refractivity (Wildman–Crippen MR) is 89.4 cm³/mol. The smallest absolute Gasteiger partial charge is 0.0839 e. The largest absolute Gasteiger partial charge is 0.370 e. The Labute approximate surface area is 132 Å². The highest BCUT2D eigenvalue weighted by Gasteiger charge is 2.28. The van der Waals surface area contributed by atoms with Gasteiger partial charge in [-0.1, -0.05) is 85.3 Å². The van der Waals surface area contributed by atoms with E-state index in [0.29, 0.717) is 10.9 Å². The summed E-state index contributed by atoms with van der Waals surface area (Å²) in [4.78, 5) is 0.599. The first kappa shape index (κ1) is 16.0. The van der Waals surface area contributed by atoms with Crippen LogP contribution in [0.5, 0.6) is 0 Å². The maximum atomic E-state index is 6.32. The number of halogens is 1. The summed E-state index contributed by atoms with van der Waals surface area (Å²) in [5.41, 5.74) is 1.33. The molecule has 0 saturated carbocycles. The highest BCUT2D eigenvalue weighted by Crippen LogP contribution is 2.36. The van der Waals surface area contributed by atoms with Crippen LogP contribution in [0.1, 0.15) is 70.0 Å². The Bertz CT molecular complexity index is 365. The summed E-state index contributed by atoms with van der Waals surface area (Å²) in [6.07, 6.45) is 10.9. The van der Waals surface area contributed by atoms with Gasteiger partial charge in [0.2, 0.25) is 0 Å². The lowest BCUT2D eigenvalue weighted by atomic mass is 9.95. The van der Waals surface area contributed by atoms with Gasteiger partial charge in [-0.25, -0.2) is 0 Å². The second-order valence-corrected chi connectivity index (χ2v) is 7.22. The van der Waals surface area contributed by atoms with Crippen molar-refractivity contribution in [1.29, 1.82) is 0 Å². The third kappa shape index (κ3) is 5.21. The van der Waals surface area contributed by atoms with Crippen LogP contribution in [0.4, 0.5) is 0 Å². The van der Waals surface area contributed by atoms with Crippen molar-refractivity contribution in [2.75, 3.05) is 0 Å². The Morgan fingerprint density at radius 2 is 1.80 bits per heavy atom. The van der Waals surface area contributed by atoms with Crippen molar-refractivity contribution in [1.82, 2.24) is 0 Å². The topological polar surface area (TPSA) is 9.23 Å². The molecule has 20 heavy (non-hydrogen) atoms. The van der Waals surface area contributed by atoms with E-state index in [-0.39, 0.29) is 6.10 Å². The van der Waals surface area contributed by atoms with Crippen molar-refractivity contribution < 1.29 is 4.74 Å². The average Bonchev–Trinajstić information content (AvgIpc) is 2.47. The fraction of sp³-hybridized carbons (Fsp3) is 0.667. The minimum Gasteiger partial charge on any atom is -0.370 e. The van der Waals surface area contributed by atoms with Gasteiger partial charge in [0.05, 0.1) is 12.2 Å². The summed E-state index contributed by atoms with van der Waals surface area (Å²) in [5.74, 6) is 0. The molecule has 1 saturated heterocycles. The van der Waals surface area contributed by atoms with Gasteiger partial charge in [-0.2, -0.15) is 0 Å². The van der Waals surface area contributed by atoms with E-state index in [4.69, 9.17) is 4.74 Å². The zero-order valence-electron chi connectivity index (χ0n) is 12.6. The Balaban J connectivity index is 1.79. The molecule has 0 radical (unpaired) electrons. The summed E-state index contributed by atoms with van der Waals surface area (Å²) < 4.78 is 6.32. The van der Waals surface area contributed by atoms with Crippen LogP contribution in [0.3, 0.4) is 0 Å². The maximum Gasteiger partial charge on any atom is 0.0839 e. The molecular weight excluding hydrogens is 312 g/mol. The molecule has 0 N–H and O–H groups in total. The molecule has 0 aliphatic carbocycles. The molecule has 1 aliphatic rings. The van der Waals surface area contributed by atoms with Crippen molar-refractivity contribution >= 4 is 15.9 Å². The molecule has 2 rings (SSSR count). The molecule has 1 fully saturated rings. The van der Waals surface area contributed by atoms with E-state index in [1.807, 2.05) is 0 Å². The molecule has 2 heteroatoms. The highest BCUT2D eigenvalue weighted by atomic mass is 79.9. The highest BCUT2D eigenvalue weighted by molar-refractivity contribution is 9.09. The first-order valence-electron chi connectivity index (χ1n) is 8.14. The normalized spacial score (nSPS) is 26.6. The Hall–Kier alpha value is -0.340. The SMILES string of the molecule is CCCCCCC[C@@H]1C[C@H](Br)C[C@H](c2ccccc2)O1. The molecule has 1 aromatic carbocycles. The van der Waals surface area contributed by atoms with Gasteiger partial charge in [-0.05, 0) is 24.8 Å². The molecule has 1 aromatic rings. The zero-order valence-corrected chi connectivity index (χ0v) is 14.1. The summed E-state index contributed by atoms with van der Waals surface area (Å²) in [6.45, 7) is 2.27. The number of unbranched alkanes of at least 4 members (excludes halogenated alkanes) is 4. The first-order valence-corrected chi connectivity index (χ1v) is 9.05. The third-order valence-electron chi connectivity index (χ3n) is 4.15. The molecule has 0 unspecified atom stereocenters. The number of ether oxygens (including phenoxy) is 1. The van der Waals surface area contributed by atoms with Crippen LogP contribution >= 0.6 is 15.9 Å². The van der Waals surface area contributed by atoms with Crippen LogP contribution in [-0.4, -0.2) is 10.9 Å². The molecule has 0 amide bonds. The van der Waals surface area contributed by atoms with E-state index >= 15 is 0 Å². The number of hydrogen-bond acceptors (Lipinski definition) is 1. The van der Waals surface area contributed by atoms with Gasteiger partial charge < -0.3 is 4.74 Å². The minimum atomic E-state index is 0.273. The van der Waals surface area contributed by atoms with Crippen molar-refractivity contribution in [3.63, 3.8) is 0 Å². The summed E-state index contributed by atoms with van der Waals surface area (Å²) in [7, 11) is 0. The lowest BCUT2D eigenvalue weighted by Gasteiger charge is -2.33. The summed E-state index contributed by atoms with van der Waals surface area (Å²) >= 11 is 3.82. The second-order valence-electron chi connectivity index (χ2n) is 5.93. The Morgan fingerprint density at radius 3 is 2.55 bits per heavy atom. The van der Waals surface area contributed by atoms with Gasteiger partial charge in [0.25, 0.3) is 0 Å². The number of alkyl halides is 1. The number of hydrogen-bond donors (Lipinski definition) is 0. The Kier molecular flexibility index (Phi) is 7.09. The van der Waals surface area contributed by atoms with Gasteiger partial charge in [-0.15, -0.1) is 0 Å². The predicted octanol–water partition coefficient (Wildman–Crippen LogP) is 6.03. The minimum absolute atomic E-state index is 0.273. The Morgan fingerprint density at radius 1 is 1.05 bits per heavy atom. The van der Waals surface area contributed by atoms with Gasteiger partial charge in [0.15, 0.2) is 0 Å². The van der Waals surface area contributed by atoms with E-state index in [2.05, 4.69) is 53.2 Å². The van der Waals surface area contributed by atoms with E-state index in [0.717, 1.165) is 12.8 Å². The second kappa shape index (κ2) is 8.84. The van der Waals surface area contributed by atoms with Crippen molar-refractivity contribution in [3.8, 4) is 0 Å². The van der Waals surface area contributed by atoms with Crippen molar-refractivity contribution in [3.05, 3.63) is 35.9 Å². The molecule has 1 aliphatic heterocycles. The third-order valence-corrected chi connectivity index (χ3v) is 4.89. The van der Waals surface area contributed by atoms with Crippen LogP contribution in [0.2, 0.25) is 0 Å². The lowest BCUT2D eigenvalue weighted by molar-refractivity contribution is -0.0523. The average molecular weight is 339 g/mol. The summed E-state index contributed by atoms with van der Waals surface area (Å²) in [5, 5.41) is 0. The monoisotopic (exact) mass is 338 g/mol. The van der Waals surface area contributed by atoms with Crippen LogP contribution in [0.15, 0.2) is 30.3 Å². The van der Waals surface area contributed by atoms with Gasteiger partial charge >= 0.3 is 0 Å². The lowest BCUT2D eigenvalue weighted by Crippen LogP contribution is -2.28. The molecule has 1 heterocycles. The standard InChI is InChI=1S/C18H27BrO/c1-2-3-4-5-9-12-17-13-16(19)14-18(20-17)15-10-7-6-8-11-15/h6-8,10-11,16-18H,2-5,9,12-14H2,1H3/t16-,17+,18+/m0/s1. The molecule has 112 valence electrons. The van der Waals surface area contributed by atoms with Crippen LogP contribution < -0.4 is 0 Å². The summed E-state index contributed by atoms with van der Waals surface area (Å²) in [6, 6.07) is 10.7. The fourth-order valence-electron chi connectivity index (χ4n) is 3.00. The quantitative estimate of drug-likeness (QED) is 0.435. The fourth-order valence-corrected chi connectivity index (χ4v) is 3.76. The molecule has 0 spiro atoms. The van der Waals surface area contributed by atoms with Crippen LogP contribution in [0, 0.1) is 0 Å². The number of benzene rings is 1. The van der Waals surface area contributed by atoms with Gasteiger partial charge in [0, 0.05) is 4.83 Å². The first-order chi connectivity index (χ1) is 9.79. The van der Waals surface area contributed by atoms with E-state index in [1.165, 1.54) is 44.1 Å². The molecule has 0 aromatic heterocycles. The van der Waals surface area contributed by atoms with Crippen molar-refractivity contribution in [2.24, 2.45) is 0 Å². The molecular formula is C18H27BrO. The molecule has 1 nitrogen and oxygen atoms in total. The van der Waals surface area contributed by atoms with E-state index in [9.17, 15) is 0 Å². The van der Waals surface area contributed by atoms with Crippen LogP contribution in [-0.2, 0) is 4.74 Å². The van der Waals surface area contributed by atoms with Crippen LogP contribution in [0.25, 0.3) is 0 Å². The molecule has 3 atom stereocenters. The zero-order chi connectivity index (χ0) is 14.2. The number of rotatable bonds is 7. The van der Waals surface area contributed by atoms with E-state index < -0.39 is 0 Å². The van der Waals surface area contributed by atoms with Crippen molar-refractivity contribution in [2.45, 2.75) is 75.3 Å². The van der Waals surface area contributed by atoms with Gasteiger partial charge in [0.1, 0.15) is 0 Å². The molecule has 0 bridgehead atoms. The van der Waals surface area contributed by atoms with Gasteiger partial charge in [-0.3, -0.25) is 0 Å².